The van der Waals surface area contributed by atoms with Gasteiger partial charge in [-0.25, -0.2) is 8.78 Å². The molecule has 1 unspecified atom stereocenters. The highest BCUT2D eigenvalue weighted by Gasteiger charge is 2.23. The van der Waals surface area contributed by atoms with E-state index in [0.717, 1.165) is 22.2 Å². The summed E-state index contributed by atoms with van der Waals surface area (Å²) in [7, 11) is 0. The lowest BCUT2D eigenvalue weighted by atomic mass is 10.1. The molecule has 2 aromatic carbocycles. The van der Waals surface area contributed by atoms with E-state index in [2.05, 4.69) is 21.2 Å². The van der Waals surface area contributed by atoms with Gasteiger partial charge >= 0.3 is 0 Å². The summed E-state index contributed by atoms with van der Waals surface area (Å²) < 4.78 is 33.7. The predicted octanol–water partition coefficient (Wildman–Crippen LogP) is 4.14. The number of hydrogen-bond donors (Lipinski definition) is 1. The summed E-state index contributed by atoms with van der Waals surface area (Å²) in [4.78, 5) is 0. The highest BCUT2D eigenvalue weighted by atomic mass is 79.9. The largest absolute Gasteiger partial charge is 0.488 e. The Balaban J connectivity index is 1.67. The van der Waals surface area contributed by atoms with Crippen molar-refractivity contribution >= 4 is 21.6 Å². The Bertz CT molecular complexity index is 628. The zero-order valence-electron chi connectivity index (χ0n) is 10.5. The Kier molecular flexibility index (Phi) is 3.61. The second kappa shape index (κ2) is 5.40. The van der Waals surface area contributed by atoms with Crippen LogP contribution in [0.3, 0.4) is 0 Å². The van der Waals surface area contributed by atoms with Gasteiger partial charge in [-0.15, -0.1) is 0 Å². The predicted molar refractivity (Wildman–Crippen MR) is 77.1 cm³/mol. The molecule has 2 aromatic rings. The number of benzene rings is 2. The van der Waals surface area contributed by atoms with Crippen LogP contribution in [0.5, 0.6) is 5.75 Å². The van der Waals surface area contributed by atoms with E-state index in [1.807, 2.05) is 18.2 Å². The molecule has 0 radical (unpaired) electrons. The quantitative estimate of drug-likeness (QED) is 0.907. The van der Waals surface area contributed by atoms with Crippen molar-refractivity contribution in [2.45, 2.75) is 12.5 Å². The fourth-order valence-electron chi connectivity index (χ4n) is 2.29. The molecular formula is C15H12BrF2NO. The SMILES string of the molecule is Fc1cccc(F)c1NCC1Cc2cc(Br)ccc2O1. The van der Waals surface area contributed by atoms with Crippen LogP contribution in [-0.4, -0.2) is 12.6 Å². The Labute approximate surface area is 123 Å². The van der Waals surface area contributed by atoms with E-state index in [1.54, 1.807) is 0 Å². The summed E-state index contributed by atoms with van der Waals surface area (Å²) in [6.07, 6.45) is 0.594. The second-order valence-corrected chi connectivity index (χ2v) is 5.59. The van der Waals surface area contributed by atoms with Crippen LogP contribution >= 0.6 is 15.9 Å². The van der Waals surface area contributed by atoms with Crippen LogP contribution in [0, 0.1) is 11.6 Å². The monoisotopic (exact) mass is 339 g/mol. The number of para-hydroxylation sites is 1. The highest BCUT2D eigenvalue weighted by molar-refractivity contribution is 9.10. The molecule has 0 saturated carbocycles. The topological polar surface area (TPSA) is 21.3 Å². The molecule has 3 rings (SSSR count). The molecule has 5 heteroatoms. The molecule has 0 fully saturated rings. The molecule has 1 aliphatic rings. The van der Waals surface area contributed by atoms with Crippen molar-refractivity contribution in [2.75, 3.05) is 11.9 Å². The van der Waals surface area contributed by atoms with E-state index < -0.39 is 11.6 Å². The minimum absolute atomic E-state index is 0.103. The summed E-state index contributed by atoms with van der Waals surface area (Å²) in [6.45, 7) is 0.351. The van der Waals surface area contributed by atoms with Crippen LogP contribution in [-0.2, 0) is 6.42 Å². The highest BCUT2D eigenvalue weighted by Crippen LogP contribution is 2.31. The average Bonchev–Trinajstić information content (AvgIpc) is 2.80. The van der Waals surface area contributed by atoms with Crippen molar-refractivity contribution in [2.24, 2.45) is 0 Å². The number of anilines is 1. The number of hydrogen-bond acceptors (Lipinski definition) is 2. The molecule has 104 valence electrons. The number of nitrogens with one attached hydrogen (secondary N) is 1. The first-order chi connectivity index (χ1) is 9.63. The summed E-state index contributed by atoms with van der Waals surface area (Å²) in [5.41, 5.74) is 0.994. The number of ether oxygens (including phenoxy) is 1. The van der Waals surface area contributed by atoms with E-state index in [9.17, 15) is 8.78 Å². The van der Waals surface area contributed by atoms with Crippen LogP contribution in [0.15, 0.2) is 40.9 Å². The van der Waals surface area contributed by atoms with Crippen molar-refractivity contribution in [3.8, 4) is 5.75 Å². The van der Waals surface area contributed by atoms with Crippen LogP contribution < -0.4 is 10.1 Å². The molecule has 1 heterocycles. The minimum atomic E-state index is -0.594. The first kappa shape index (κ1) is 13.4. The molecule has 1 aliphatic heterocycles. The average molecular weight is 340 g/mol. The number of halogens is 3. The van der Waals surface area contributed by atoms with Gasteiger partial charge in [0, 0.05) is 10.9 Å². The van der Waals surface area contributed by atoms with Crippen LogP contribution in [0.1, 0.15) is 5.56 Å². The standard InChI is InChI=1S/C15H12BrF2NO/c16-10-4-5-14-9(6-10)7-11(20-14)8-19-15-12(17)2-1-3-13(15)18/h1-6,11,19H,7-8H2. The van der Waals surface area contributed by atoms with Crippen molar-refractivity contribution in [1.29, 1.82) is 0 Å². The summed E-state index contributed by atoms with van der Waals surface area (Å²) in [6, 6.07) is 9.60. The van der Waals surface area contributed by atoms with Gasteiger partial charge in [0.2, 0.25) is 0 Å². The Hall–Kier alpha value is -1.62. The van der Waals surface area contributed by atoms with Gasteiger partial charge in [-0.05, 0) is 35.9 Å². The second-order valence-electron chi connectivity index (χ2n) is 4.67. The van der Waals surface area contributed by atoms with E-state index >= 15 is 0 Å². The zero-order valence-corrected chi connectivity index (χ0v) is 12.1. The van der Waals surface area contributed by atoms with Gasteiger partial charge in [0.1, 0.15) is 29.2 Å². The first-order valence-corrected chi connectivity index (χ1v) is 7.06. The fourth-order valence-corrected chi connectivity index (χ4v) is 2.69. The van der Waals surface area contributed by atoms with Crippen LogP contribution in [0.4, 0.5) is 14.5 Å². The van der Waals surface area contributed by atoms with E-state index in [0.29, 0.717) is 6.54 Å². The molecule has 0 aromatic heterocycles. The third-order valence-corrected chi connectivity index (χ3v) is 3.73. The lowest BCUT2D eigenvalue weighted by Gasteiger charge is -2.13. The zero-order chi connectivity index (χ0) is 14.1. The summed E-state index contributed by atoms with van der Waals surface area (Å²) >= 11 is 3.41. The molecule has 1 N–H and O–H groups in total. The van der Waals surface area contributed by atoms with E-state index in [1.165, 1.54) is 18.2 Å². The normalized spacial score (nSPS) is 16.6. The molecule has 0 bridgehead atoms. The Morgan fingerprint density at radius 1 is 1.20 bits per heavy atom. The lowest BCUT2D eigenvalue weighted by molar-refractivity contribution is 0.246. The molecule has 0 aliphatic carbocycles. The Morgan fingerprint density at radius 2 is 1.95 bits per heavy atom. The van der Waals surface area contributed by atoms with Crippen LogP contribution in [0.25, 0.3) is 0 Å². The molecular weight excluding hydrogens is 328 g/mol. The lowest BCUT2D eigenvalue weighted by Crippen LogP contribution is -2.24. The van der Waals surface area contributed by atoms with E-state index in [-0.39, 0.29) is 11.8 Å². The third kappa shape index (κ3) is 2.63. The molecule has 1 atom stereocenters. The van der Waals surface area contributed by atoms with Crippen molar-refractivity contribution in [3.05, 3.63) is 58.1 Å². The van der Waals surface area contributed by atoms with Crippen molar-refractivity contribution in [1.82, 2.24) is 0 Å². The maximum Gasteiger partial charge on any atom is 0.149 e. The summed E-state index contributed by atoms with van der Waals surface area (Å²) in [5, 5.41) is 2.79. The fraction of sp³-hybridized carbons (Fsp3) is 0.200. The summed E-state index contributed by atoms with van der Waals surface area (Å²) in [5.74, 6) is -0.361. The maximum atomic E-state index is 13.5. The van der Waals surface area contributed by atoms with Gasteiger partial charge in [0.25, 0.3) is 0 Å². The molecule has 20 heavy (non-hydrogen) atoms. The van der Waals surface area contributed by atoms with Gasteiger partial charge < -0.3 is 10.1 Å². The maximum absolute atomic E-state index is 13.5. The molecule has 2 nitrogen and oxygen atoms in total. The minimum Gasteiger partial charge on any atom is -0.488 e. The third-order valence-electron chi connectivity index (χ3n) is 3.23. The molecule has 0 saturated heterocycles. The van der Waals surface area contributed by atoms with Crippen molar-refractivity contribution < 1.29 is 13.5 Å². The molecule has 0 spiro atoms. The van der Waals surface area contributed by atoms with Gasteiger partial charge in [-0.2, -0.15) is 0 Å². The number of fused-ring (bicyclic) bond motifs is 1. The number of rotatable bonds is 3. The van der Waals surface area contributed by atoms with Crippen LogP contribution in [0.2, 0.25) is 0 Å². The van der Waals surface area contributed by atoms with Gasteiger partial charge in [0.05, 0.1) is 6.54 Å². The smallest absolute Gasteiger partial charge is 0.149 e. The van der Waals surface area contributed by atoms with E-state index in [4.69, 9.17) is 4.74 Å². The molecule has 0 amide bonds. The van der Waals surface area contributed by atoms with Gasteiger partial charge in [-0.1, -0.05) is 22.0 Å². The first-order valence-electron chi connectivity index (χ1n) is 6.26. The van der Waals surface area contributed by atoms with Gasteiger partial charge in [0.15, 0.2) is 0 Å². The van der Waals surface area contributed by atoms with Gasteiger partial charge in [-0.3, -0.25) is 0 Å². The van der Waals surface area contributed by atoms with Crippen molar-refractivity contribution in [3.63, 3.8) is 0 Å². The Morgan fingerprint density at radius 3 is 2.70 bits per heavy atom.